The van der Waals surface area contributed by atoms with Crippen LogP contribution in [0.1, 0.15) is 18.4 Å². The zero-order valence-electron chi connectivity index (χ0n) is 10.0. The van der Waals surface area contributed by atoms with Crippen molar-refractivity contribution in [3.05, 3.63) is 28.5 Å². The molecule has 1 saturated heterocycles. The van der Waals surface area contributed by atoms with Crippen LogP contribution in [0.3, 0.4) is 0 Å². The topological polar surface area (TPSA) is 28.2 Å². The third-order valence-electron chi connectivity index (χ3n) is 3.19. The van der Waals surface area contributed by atoms with Gasteiger partial charge in [-0.25, -0.2) is 4.98 Å². The largest absolute Gasteiger partial charge is 0.317 e. The van der Waals surface area contributed by atoms with Crippen molar-refractivity contribution >= 4 is 28.3 Å². The van der Waals surface area contributed by atoms with Gasteiger partial charge >= 0.3 is 0 Å². The lowest BCUT2D eigenvalue weighted by molar-refractivity contribution is 0.194. The van der Waals surface area contributed by atoms with E-state index in [1.165, 1.54) is 31.5 Å². The molecule has 0 aliphatic carbocycles. The Hall–Kier alpha value is -0.160. The molecule has 1 aromatic heterocycles. The average molecular weight is 321 g/mol. The number of nitrogens with one attached hydrogen (secondary N) is 1. The molecule has 1 aliphatic rings. The Morgan fingerprint density at radius 3 is 2.65 bits per heavy atom. The summed E-state index contributed by atoms with van der Waals surface area (Å²) in [5.74, 6) is 0. The molecule has 2 rings (SSSR count). The lowest BCUT2D eigenvalue weighted by Gasteiger charge is -2.31. The van der Waals surface area contributed by atoms with Gasteiger partial charge < -0.3 is 5.32 Å². The third-order valence-corrected chi connectivity index (χ3v) is 3.66. The first-order valence-corrected chi connectivity index (χ1v) is 6.57. The van der Waals surface area contributed by atoms with Crippen molar-refractivity contribution in [3.63, 3.8) is 0 Å². The molecule has 0 unspecified atom stereocenters. The molecule has 0 saturated carbocycles. The SMILES string of the molecule is CNC1CCN(Cc2ccc(Br)nc2)CC1.Cl. The summed E-state index contributed by atoms with van der Waals surface area (Å²) in [6, 6.07) is 4.86. The molecule has 0 aromatic carbocycles. The quantitative estimate of drug-likeness (QED) is 0.867. The van der Waals surface area contributed by atoms with Crippen molar-refractivity contribution in [2.75, 3.05) is 20.1 Å². The van der Waals surface area contributed by atoms with E-state index in [1.54, 1.807) is 0 Å². The van der Waals surface area contributed by atoms with Gasteiger partial charge in [-0.15, -0.1) is 12.4 Å². The highest BCUT2D eigenvalue weighted by Crippen LogP contribution is 2.14. The molecule has 1 N–H and O–H groups in total. The molecular formula is C12H19BrClN3. The zero-order valence-corrected chi connectivity index (χ0v) is 12.4. The second-order valence-electron chi connectivity index (χ2n) is 4.33. The van der Waals surface area contributed by atoms with Gasteiger partial charge in [-0.1, -0.05) is 6.07 Å². The molecule has 0 radical (unpaired) electrons. The van der Waals surface area contributed by atoms with E-state index in [2.05, 4.69) is 44.2 Å². The van der Waals surface area contributed by atoms with Crippen molar-refractivity contribution in [1.82, 2.24) is 15.2 Å². The predicted octanol–water partition coefficient (Wildman–Crippen LogP) is 2.45. The molecule has 3 nitrogen and oxygen atoms in total. The number of piperidine rings is 1. The molecule has 0 spiro atoms. The summed E-state index contributed by atoms with van der Waals surface area (Å²) in [5, 5.41) is 3.35. The molecule has 96 valence electrons. The Labute approximate surface area is 118 Å². The van der Waals surface area contributed by atoms with E-state index in [1.807, 2.05) is 12.3 Å². The summed E-state index contributed by atoms with van der Waals surface area (Å²) in [7, 11) is 2.05. The minimum absolute atomic E-state index is 0. The van der Waals surface area contributed by atoms with E-state index in [0.717, 1.165) is 11.1 Å². The maximum atomic E-state index is 4.25. The van der Waals surface area contributed by atoms with Gasteiger partial charge in [-0.05, 0) is 60.5 Å². The summed E-state index contributed by atoms with van der Waals surface area (Å²) in [6.45, 7) is 3.39. The van der Waals surface area contributed by atoms with Crippen LogP contribution in [-0.4, -0.2) is 36.1 Å². The summed E-state index contributed by atoms with van der Waals surface area (Å²) in [4.78, 5) is 6.75. The molecule has 1 fully saturated rings. The van der Waals surface area contributed by atoms with Gasteiger partial charge in [-0.2, -0.15) is 0 Å². The van der Waals surface area contributed by atoms with Crippen molar-refractivity contribution in [3.8, 4) is 0 Å². The summed E-state index contributed by atoms with van der Waals surface area (Å²) in [5.41, 5.74) is 1.30. The van der Waals surface area contributed by atoms with Crippen LogP contribution in [0, 0.1) is 0 Å². The molecule has 0 bridgehead atoms. The number of aromatic nitrogens is 1. The summed E-state index contributed by atoms with van der Waals surface area (Å²) in [6.07, 6.45) is 4.45. The highest BCUT2D eigenvalue weighted by Gasteiger charge is 2.17. The molecule has 0 amide bonds. The molecule has 0 atom stereocenters. The Balaban J connectivity index is 0.00000144. The van der Waals surface area contributed by atoms with Gasteiger partial charge in [0.15, 0.2) is 0 Å². The van der Waals surface area contributed by atoms with Crippen LogP contribution < -0.4 is 5.32 Å². The number of rotatable bonds is 3. The Bertz CT molecular complexity index is 323. The second-order valence-corrected chi connectivity index (χ2v) is 5.14. The van der Waals surface area contributed by atoms with Gasteiger partial charge in [-0.3, -0.25) is 4.90 Å². The van der Waals surface area contributed by atoms with Crippen molar-refractivity contribution in [2.24, 2.45) is 0 Å². The van der Waals surface area contributed by atoms with E-state index >= 15 is 0 Å². The average Bonchev–Trinajstić information content (AvgIpc) is 2.33. The number of hydrogen-bond acceptors (Lipinski definition) is 3. The molecule has 5 heteroatoms. The number of pyridine rings is 1. The zero-order chi connectivity index (χ0) is 11.4. The fourth-order valence-corrected chi connectivity index (χ4v) is 2.37. The van der Waals surface area contributed by atoms with Gasteiger partial charge in [0.1, 0.15) is 4.60 Å². The maximum absolute atomic E-state index is 4.25. The highest BCUT2D eigenvalue weighted by atomic mass is 79.9. The van der Waals surface area contributed by atoms with Crippen LogP contribution in [-0.2, 0) is 6.54 Å². The molecule has 17 heavy (non-hydrogen) atoms. The first kappa shape index (κ1) is 14.9. The number of nitrogens with zero attached hydrogens (tertiary/aromatic N) is 2. The maximum Gasteiger partial charge on any atom is 0.106 e. The molecule has 2 heterocycles. The number of hydrogen-bond donors (Lipinski definition) is 1. The Morgan fingerprint density at radius 1 is 1.41 bits per heavy atom. The van der Waals surface area contributed by atoms with Crippen LogP contribution in [0.15, 0.2) is 22.9 Å². The number of likely N-dealkylation sites (tertiary alicyclic amines) is 1. The Morgan fingerprint density at radius 2 is 2.12 bits per heavy atom. The van der Waals surface area contributed by atoms with Gasteiger partial charge in [0, 0.05) is 18.8 Å². The number of halogens is 2. The standard InChI is InChI=1S/C12H18BrN3.ClH/c1-14-11-4-6-16(7-5-11)9-10-2-3-12(13)15-8-10;/h2-3,8,11,14H,4-7,9H2,1H3;1H. The van der Waals surface area contributed by atoms with Crippen LogP contribution in [0.5, 0.6) is 0 Å². The monoisotopic (exact) mass is 319 g/mol. The lowest BCUT2D eigenvalue weighted by atomic mass is 10.0. The fourth-order valence-electron chi connectivity index (χ4n) is 2.14. The van der Waals surface area contributed by atoms with Gasteiger partial charge in [0.2, 0.25) is 0 Å². The minimum Gasteiger partial charge on any atom is -0.317 e. The van der Waals surface area contributed by atoms with E-state index in [4.69, 9.17) is 0 Å². The van der Waals surface area contributed by atoms with E-state index < -0.39 is 0 Å². The van der Waals surface area contributed by atoms with Gasteiger partial charge in [0.05, 0.1) is 0 Å². The van der Waals surface area contributed by atoms with Gasteiger partial charge in [0.25, 0.3) is 0 Å². The van der Waals surface area contributed by atoms with Crippen LogP contribution in [0.4, 0.5) is 0 Å². The first-order chi connectivity index (χ1) is 7.78. The third kappa shape index (κ3) is 4.54. The molecule has 1 aromatic rings. The lowest BCUT2D eigenvalue weighted by Crippen LogP contribution is -2.40. The van der Waals surface area contributed by atoms with Crippen LogP contribution in [0.25, 0.3) is 0 Å². The summed E-state index contributed by atoms with van der Waals surface area (Å²) >= 11 is 3.35. The van der Waals surface area contributed by atoms with Crippen LogP contribution >= 0.6 is 28.3 Å². The minimum atomic E-state index is 0. The normalized spacial score (nSPS) is 17.8. The van der Waals surface area contributed by atoms with E-state index in [-0.39, 0.29) is 12.4 Å². The smallest absolute Gasteiger partial charge is 0.106 e. The first-order valence-electron chi connectivity index (χ1n) is 5.78. The highest BCUT2D eigenvalue weighted by molar-refractivity contribution is 9.10. The van der Waals surface area contributed by atoms with E-state index in [0.29, 0.717) is 6.04 Å². The predicted molar refractivity (Wildman–Crippen MR) is 76.5 cm³/mol. The molecule has 1 aliphatic heterocycles. The Kier molecular flexibility index (Phi) is 6.41. The second kappa shape index (κ2) is 7.31. The van der Waals surface area contributed by atoms with Crippen LogP contribution in [0.2, 0.25) is 0 Å². The molecular weight excluding hydrogens is 302 g/mol. The van der Waals surface area contributed by atoms with Crippen molar-refractivity contribution in [1.29, 1.82) is 0 Å². The summed E-state index contributed by atoms with van der Waals surface area (Å²) < 4.78 is 0.908. The van der Waals surface area contributed by atoms with E-state index in [9.17, 15) is 0 Å². The fraction of sp³-hybridized carbons (Fsp3) is 0.583. The van der Waals surface area contributed by atoms with Crippen molar-refractivity contribution < 1.29 is 0 Å². The van der Waals surface area contributed by atoms with Crippen molar-refractivity contribution in [2.45, 2.75) is 25.4 Å².